The van der Waals surface area contributed by atoms with Crippen LogP contribution < -0.4 is 4.74 Å². The molecule has 1 heterocycles. The molecule has 0 aliphatic rings. The van der Waals surface area contributed by atoms with E-state index in [0.29, 0.717) is 0 Å². The first-order valence-corrected chi connectivity index (χ1v) is 6.15. The molecule has 1 unspecified atom stereocenters. The Kier molecular flexibility index (Phi) is 4.91. The molecule has 1 atom stereocenters. The van der Waals surface area contributed by atoms with Gasteiger partial charge in [0.1, 0.15) is 5.75 Å². The van der Waals surface area contributed by atoms with Gasteiger partial charge in [0.05, 0.1) is 0 Å². The summed E-state index contributed by atoms with van der Waals surface area (Å²) >= 11 is 1.07. The fraction of sp³-hybridized carbons (Fsp3) is 0.333. The minimum absolute atomic E-state index is 0.103. The molecule has 1 N–H and O–H groups in total. The Morgan fingerprint density at radius 2 is 2.17 bits per heavy atom. The van der Waals surface area contributed by atoms with Crippen LogP contribution in [0.3, 0.4) is 0 Å². The highest BCUT2D eigenvalue weighted by atomic mass is 32.1. The number of carbonyl (C=O) groups is 2. The number of rotatable bonds is 6. The highest BCUT2D eigenvalue weighted by molar-refractivity contribution is 7.12. The van der Waals surface area contributed by atoms with Gasteiger partial charge in [0.2, 0.25) is 0 Å². The van der Waals surface area contributed by atoms with E-state index >= 15 is 0 Å². The number of carboxylic acids is 1. The van der Waals surface area contributed by atoms with Gasteiger partial charge in [-0.3, -0.25) is 4.79 Å². The maximum Gasteiger partial charge on any atom is 0.349 e. The lowest BCUT2D eigenvalue weighted by Crippen LogP contribution is -2.23. The molecule has 0 amide bonds. The maximum atomic E-state index is 11.7. The van der Waals surface area contributed by atoms with Crippen molar-refractivity contribution >= 4 is 23.1 Å². The predicted molar refractivity (Wildman–Crippen MR) is 69.2 cm³/mol. The van der Waals surface area contributed by atoms with Gasteiger partial charge >= 0.3 is 5.97 Å². The third kappa shape index (κ3) is 3.89. The number of ether oxygens (including phenoxy) is 1. The smallest absolute Gasteiger partial charge is 0.349 e. The molecule has 18 heavy (non-hydrogen) atoms. The lowest BCUT2D eigenvalue weighted by molar-refractivity contribution is -0.120. The van der Waals surface area contributed by atoms with Crippen LogP contribution in [0.2, 0.25) is 0 Å². The summed E-state index contributed by atoms with van der Waals surface area (Å²) < 4.78 is 5.35. The van der Waals surface area contributed by atoms with Crippen LogP contribution in [0.25, 0.3) is 0 Å². The topological polar surface area (TPSA) is 66.8 Å². The van der Waals surface area contributed by atoms with Gasteiger partial charge in [-0.15, -0.1) is 11.3 Å². The van der Waals surface area contributed by atoms with E-state index in [4.69, 9.17) is 9.84 Å². The predicted octanol–water partition coefficient (Wildman–Crippen LogP) is 1.86. The molecule has 6 heteroatoms. The van der Waals surface area contributed by atoms with Crippen molar-refractivity contribution in [3.05, 3.63) is 28.6 Å². The largest absolute Gasteiger partial charge is 0.481 e. The fourth-order valence-corrected chi connectivity index (χ4v) is 1.81. The first-order chi connectivity index (χ1) is 8.41. The zero-order valence-electron chi connectivity index (χ0n) is 10.4. The van der Waals surface area contributed by atoms with Gasteiger partial charge in [-0.2, -0.15) is 0 Å². The summed E-state index contributed by atoms with van der Waals surface area (Å²) in [7, 11) is 3.60. The van der Waals surface area contributed by atoms with E-state index in [-0.39, 0.29) is 16.4 Å². The normalized spacial score (nSPS) is 12.4. The van der Waals surface area contributed by atoms with E-state index in [1.807, 2.05) is 0 Å². The molecule has 0 aromatic carbocycles. The summed E-state index contributed by atoms with van der Waals surface area (Å²) in [6, 6.07) is 1.55. The van der Waals surface area contributed by atoms with Crippen molar-refractivity contribution in [1.29, 1.82) is 0 Å². The maximum absolute atomic E-state index is 11.7. The molecule has 0 bridgehead atoms. The average molecular weight is 269 g/mol. The van der Waals surface area contributed by atoms with E-state index in [1.165, 1.54) is 6.08 Å². The van der Waals surface area contributed by atoms with Gasteiger partial charge in [-0.05, 0) is 18.4 Å². The Morgan fingerprint density at radius 3 is 2.72 bits per heavy atom. The number of hydrogen-bond acceptors (Lipinski definition) is 5. The average Bonchev–Trinajstić information content (AvgIpc) is 2.73. The van der Waals surface area contributed by atoms with Gasteiger partial charge in [-0.25, -0.2) is 4.79 Å². The van der Waals surface area contributed by atoms with Crippen LogP contribution in [0.15, 0.2) is 23.7 Å². The third-order valence-electron chi connectivity index (χ3n) is 2.06. The van der Waals surface area contributed by atoms with E-state index in [2.05, 4.69) is 0 Å². The molecule has 0 radical (unpaired) electrons. The number of carboxylic acid groups (broad SMARTS) is 1. The Morgan fingerprint density at radius 1 is 1.50 bits per heavy atom. The van der Waals surface area contributed by atoms with Gasteiger partial charge in [0.15, 0.2) is 16.8 Å². The number of thiophene rings is 1. The monoisotopic (exact) mass is 269 g/mol. The van der Waals surface area contributed by atoms with Crippen molar-refractivity contribution in [2.24, 2.45) is 0 Å². The summed E-state index contributed by atoms with van der Waals surface area (Å²) in [6.45, 7) is 1.59. The standard InChI is InChI=1S/C12H15NO4S/c1-8(9(14)4-6-13(2)3)17-10-5-7-18-11(10)12(15)16/h4-8H,1-3H3,(H,15,16)/b6-4+. The van der Waals surface area contributed by atoms with Crippen LogP contribution in [0, 0.1) is 0 Å². The number of ketones is 1. The second-order valence-corrected chi connectivity index (χ2v) is 4.78. The van der Waals surface area contributed by atoms with Crippen molar-refractivity contribution in [3.63, 3.8) is 0 Å². The molecule has 5 nitrogen and oxygen atoms in total. The number of hydrogen-bond donors (Lipinski definition) is 1. The van der Waals surface area contributed by atoms with Crippen molar-refractivity contribution in [2.45, 2.75) is 13.0 Å². The fourth-order valence-electron chi connectivity index (χ4n) is 1.15. The first-order valence-electron chi connectivity index (χ1n) is 5.27. The molecule has 1 aromatic heterocycles. The van der Waals surface area contributed by atoms with Crippen LogP contribution >= 0.6 is 11.3 Å². The van der Waals surface area contributed by atoms with Crippen molar-refractivity contribution in [2.75, 3.05) is 14.1 Å². The number of nitrogens with zero attached hydrogens (tertiary/aromatic N) is 1. The van der Waals surface area contributed by atoms with E-state index in [1.54, 1.807) is 43.6 Å². The lowest BCUT2D eigenvalue weighted by Gasteiger charge is -2.11. The summed E-state index contributed by atoms with van der Waals surface area (Å²) in [5, 5.41) is 10.5. The molecule has 0 aliphatic heterocycles. The van der Waals surface area contributed by atoms with E-state index in [9.17, 15) is 9.59 Å². The van der Waals surface area contributed by atoms with Crippen LogP contribution in [0.1, 0.15) is 16.6 Å². The Hall–Kier alpha value is -1.82. The van der Waals surface area contributed by atoms with Crippen molar-refractivity contribution in [3.8, 4) is 5.75 Å². The minimum Gasteiger partial charge on any atom is -0.481 e. The van der Waals surface area contributed by atoms with Gasteiger partial charge in [0.25, 0.3) is 0 Å². The second-order valence-electron chi connectivity index (χ2n) is 3.86. The molecule has 0 fully saturated rings. The summed E-state index contributed by atoms with van der Waals surface area (Å²) in [5.74, 6) is -1.04. The van der Waals surface area contributed by atoms with Crippen LogP contribution in [-0.4, -0.2) is 42.0 Å². The lowest BCUT2D eigenvalue weighted by atomic mass is 10.2. The zero-order chi connectivity index (χ0) is 13.7. The molecular weight excluding hydrogens is 254 g/mol. The minimum atomic E-state index is -1.05. The highest BCUT2D eigenvalue weighted by Gasteiger charge is 2.18. The quantitative estimate of drug-likeness (QED) is 0.798. The van der Waals surface area contributed by atoms with Gasteiger partial charge in [-0.1, -0.05) is 0 Å². The number of carbonyl (C=O) groups excluding carboxylic acids is 1. The Labute approximate surface area is 109 Å². The van der Waals surface area contributed by atoms with E-state index in [0.717, 1.165) is 11.3 Å². The van der Waals surface area contributed by atoms with Crippen molar-refractivity contribution < 1.29 is 19.4 Å². The SMILES string of the molecule is CC(Oc1ccsc1C(=O)O)C(=O)/C=C/N(C)C. The Balaban J connectivity index is 2.69. The zero-order valence-corrected chi connectivity index (χ0v) is 11.2. The molecule has 0 saturated heterocycles. The van der Waals surface area contributed by atoms with Crippen LogP contribution in [-0.2, 0) is 4.79 Å². The molecule has 0 saturated carbocycles. The van der Waals surface area contributed by atoms with Gasteiger partial charge < -0.3 is 14.7 Å². The molecule has 98 valence electrons. The first kappa shape index (κ1) is 14.2. The van der Waals surface area contributed by atoms with Crippen molar-refractivity contribution in [1.82, 2.24) is 4.90 Å². The molecular formula is C12H15NO4S. The van der Waals surface area contributed by atoms with Gasteiger partial charge in [0, 0.05) is 26.4 Å². The summed E-state index contributed by atoms with van der Waals surface area (Å²) in [4.78, 5) is 24.4. The highest BCUT2D eigenvalue weighted by Crippen LogP contribution is 2.25. The third-order valence-corrected chi connectivity index (χ3v) is 2.95. The summed E-state index contributed by atoms with van der Waals surface area (Å²) in [6.07, 6.45) is 2.31. The molecule has 0 aliphatic carbocycles. The second kappa shape index (κ2) is 6.20. The molecule has 1 rings (SSSR count). The van der Waals surface area contributed by atoms with E-state index < -0.39 is 12.1 Å². The number of aromatic carboxylic acids is 1. The Bertz CT molecular complexity index is 464. The van der Waals surface area contributed by atoms with Crippen LogP contribution in [0.4, 0.5) is 0 Å². The molecule has 1 aromatic rings. The summed E-state index contributed by atoms with van der Waals surface area (Å²) in [5.41, 5.74) is 0. The van der Waals surface area contributed by atoms with Crippen LogP contribution in [0.5, 0.6) is 5.75 Å². The molecule has 0 spiro atoms.